The van der Waals surface area contributed by atoms with E-state index in [4.69, 9.17) is 9.47 Å². The van der Waals surface area contributed by atoms with E-state index in [2.05, 4.69) is 10.6 Å². The Balaban J connectivity index is 1.30. The van der Waals surface area contributed by atoms with Crippen molar-refractivity contribution in [3.8, 4) is 11.5 Å². The number of para-hydroxylation sites is 4. The average molecular weight is 510 g/mol. The number of nitrogens with one attached hydrogen (secondary N) is 2. The third-order valence-electron chi connectivity index (χ3n) is 5.70. The van der Waals surface area contributed by atoms with Gasteiger partial charge in [-0.1, -0.05) is 54.6 Å². The molecule has 0 aliphatic carbocycles. The summed E-state index contributed by atoms with van der Waals surface area (Å²) in [7, 11) is 0. The minimum atomic E-state index is -0.243. The van der Waals surface area contributed by atoms with Crippen LogP contribution in [0.2, 0.25) is 0 Å². The number of carbonyl (C=O) groups excluding carboxylic acids is 2. The summed E-state index contributed by atoms with van der Waals surface area (Å²) in [6.45, 7) is 3.25. The first-order valence-corrected chi connectivity index (χ1v) is 12.5. The highest BCUT2D eigenvalue weighted by molar-refractivity contribution is 6.07. The van der Waals surface area contributed by atoms with E-state index < -0.39 is 0 Å². The summed E-state index contributed by atoms with van der Waals surface area (Å²) in [5.41, 5.74) is 2.58. The summed E-state index contributed by atoms with van der Waals surface area (Å²) in [4.78, 5) is 27.5. The molecule has 7 heteroatoms. The van der Waals surface area contributed by atoms with Crippen molar-refractivity contribution in [1.29, 1.82) is 0 Å². The number of carbonyl (C=O) groups is 2. The predicted molar refractivity (Wildman–Crippen MR) is 151 cm³/mol. The summed E-state index contributed by atoms with van der Waals surface area (Å²) < 4.78 is 11.5. The number of rotatable bonds is 12. The largest absolute Gasteiger partial charge is 0.490 e. The second-order valence-corrected chi connectivity index (χ2v) is 8.37. The van der Waals surface area contributed by atoms with Gasteiger partial charge < -0.3 is 25.0 Å². The summed E-state index contributed by atoms with van der Waals surface area (Å²) in [5, 5.41) is 5.99. The Labute approximate surface area is 223 Å². The fraction of sp³-hybridized carbons (Fsp3) is 0.161. The van der Waals surface area contributed by atoms with Gasteiger partial charge in [0.05, 0.1) is 12.2 Å². The molecule has 0 aromatic heterocycles. The molecule has 0 aliphatic rings. The van der Waals surface area contributed by atoms with Crippen molar-refractivity contribution in [3.63, 3.8) is 0 Å². The van der Waals surface area contributed by atoms with Gasteiger partial charge in [0.25, 0.3) is 5.91 Å². The third kappa shape index (κ3) is 7.36. The molecule has 7 nitrogen and oxygen atoms in total. The van der Waals surface area contributed by atoms with Crippen molar-refractivity contribution in [3.05, 3.63) is 115 Å². The molecule has 0 radical (unpaired) electrons. The zero-order valence-corrected chi connectivity index (χ0v) is 21.3. The van der Waals surface area contributed by atoms with E-state index in [1.54, 1.807) is 29.2 Å². The smallest absolute Gasteiger partial charge is 0.258 e. The first-order valence-electron chi connectivity index (χ1n) is 12.5. The van der Waals surface area contributed by atoms with Gasteiger partial charge in [-0.2, -0.15) is 0 Å². The highest BCUT2D eigenvalue weighted by Gasteiger charge is 2.16. The minimum absolute atomic E-state index is 0.0319. The molecule has 0 bridgehead atoms. The van der Waals surface area contributed by atoms with E-state index >= 15 is 0 Å². The van der Waals surface area contributed by atoms with Crippen LogP contribution in [0.4, 0.5) is 17.1 Å². The van der Waals surface area contributed by atoms with Crippen LogP contribution in [0.25, 0.3) is 0 Å². The highest BCUT2D eigenvalue weighted by atomic mass is 16.5. The molecule has 0 fully saturated rings. The standard InChI is InChI=1S/C31H31N3O4/c1-2-34(26-14-5-3-6-15-26)31(36)24-12-11-13-25(22-24)33-30(35)23-32-28-18-9-10-19-29(28)38-21-20-37-27-16-7-4-8-17-27/h3-19,22,32H,2,20-21,23H2,1H3,(H,33,35). The quantitative estimate of drug-likeness (QED) is 0.234. The van der Waals surface area contributed by atoms with Gasteiger partial charge in [-0.15, -0.1) is 0 Å². The number of hydrogen-bond acceptors (Lipinski definition) is 5. The molecule has 0 unspecified atom stereocenters. The van der Waals surface area contributed by atoms with Gasteiger partial charge in [0, 0.05) is 23.5 Å². The van der Waals surface area contributed by atoms with E-state index in [1.165, 1.54) is 0 Å². The Hall–Kier alpha value is -4.78. The van der Waals surface area contributed by atoms with E-state index in [-0.39, 0.29) is 18.4 Å². The van der Waals surface area contributed by atoms with Crippen molar-refractivity contribution in [2.75, 3.05) is 41.8 Å². The SMILES string of the molecule is CCN(C(=O)c1cccc(NC(=O)CNc2ccccc2OCCOc2ccccc2)c1)c1ccccc1. The number of amides is 2. The molecule has 194 valence electrons. The van der Waals surface area contributed by atoms with Gasteiger partial charge in [-0.05, 0) is 61.5 Å². The number of ether oxygens (including phenoxy) is 2. The fourth-order valence-corrected chi connectivity index (χ4v) is 3.88. The monoisotopic (exact) mass is 509 g/mol. The van der Waals surface area contributed by atoms with Crippen LogP contribution < -0.4 is 25.0 Å². The Kier molecular flexibility index (Phi) is 9.34. The second kappa shape index (κ2) is 13.5. The Morgan fingerprint density at radius 1 is 0.763 bits per heavy atom. The van der Waals surface area contributed by atoms with E-state index in [0.717, 1.165) is 11.4 Å². The van der Waals surface area contributed by atoms with Gasteiger partial charge in [0.1, 0.15) is 24.7 Å². The summed E-state index contributed by atoms with van der Waals surface area (Å²) in [6, 6.07) is 33.4. The van der Waals surface area contributed by atoms with Crippen LogP contribution in [-0.4, -0.2) is 38.1 Å². The number of nitrogens with zero attached hydrogens (tertiary/aromatic N) is 1. The van der Waals surface area contributed by atoms with Crippen LogP contribution in [0.5, 0.6) is 11.5 Å². The molecule has 0 saturated heterocycles. The summed E-state index contributed by atoms with van der Waals surface area (Å²) >= 11 is 0. The van der Waals surface area contributed by atoms with Crippen LogP contribution in [0, 0.1) is 0 Å². The molecular weight excluding hydrogens is 478 g/mol. The minimum Gasteiger partial charge on any atom is -0.490 e. The number of hydrogen-bond donors (Lipinski definition) is 2. The fourth-order valence-electron chi connectivity index (χ4n) is 3.88. The van der Waals surface area contributed by atoms with Crippen LogP contribution in [0.1, 0.15) is 17.3 Å². The van der Waals surface area contributed by atoms with Gasteiger partial charge in [-0.3, -0.25) is 9.59 Å². The van der Waals surface area contributed by atoms with Crippen LogP contribution in [0.15, 0.2) is 109 Å². The van der Waals surface area contributed by atoms with Crippen molar-refractivity contribution in [2.24, 2.45) is 0 Å². The van der Waals surface area contributed by atoms with Crippen molar-refractivity contribution in [1.82, 2.24) is 0 Å². The average Bonchev–Trinajstić information content (AvgIpc) is 2.96. The molecule has 0 saturated carbocycles. The topological polar surface area (TPSA) is 79.9 Å². The first-order chi connectivity index (χ1) is 18.6. The molecule has 38 heavy (non-hydrogen) atoms. The Bertz CT molecular complexity index is 1330. The lowest BCUT2D eigenvalue weighted by Crippen LogP contribution is -2.30. The molecule has 4 rings (SSSR count). The molecule has 0 spiro atoms. The molecule has 0 aliphatic heterocycles. The van der Waals surface area contributed by atoms with Gasteiger partial charge in [-0.25, -0.2) is 0 Å². The van der Waals surface area contributed by atoms with Crippen molar-refractivity contribution in [2.45, 2.75) is 6.92 Å². The maximum Gasteiger partial charge on any atom is 0.258 e. The maximum atomic E-state index is 13.1. The summed E-state index contributed by atoms with van der Waals surface area (Å²) in [5.74, 6) is 1.04. The molecule has 4 aromatic rings. The molecule has 0 heterocycles. The lowest BCUT2D eigenvalue weighted by molar-refractivity contribution is -0.114. The van der Waals surface area contributed by atoms with Gasteiger partial charge in [0.15, 0.2) is 0 Å². The highest BCUT2D eigenvalue weighted by Crippen LogP contribution is 2.24. The lowest BCUT2D eigenvalue weighted by Gasteiger charge is -2.21. The van der Waals surface area contributed by atoms with Crippen LogP contribution in [0.3, 0.4) is 0 Å². The number of anilines is 3. The normalized spacial score (nSPS) is 10.3. The van der Waals surface area contributed by atoms with Crippen molar-refractivity contribution < 1.29 is 19.1 Å². The van der Waals surface area contributed by atoms with Crippen LogP contribution in [-0.2, 0) is 4.79 Å². The number of benzene rings is 4. The van der Waals surface area contributed by atoms with Gasteiger partial charge >= 0.3 is 0 Å². The Morgan fingerprint density at radius 2 is 1.45 bits per heavy atom. The maximum absolute atomic E-state index is 13.1. The molecule has 4 aromatic carbocycles. The summed E-state index contributed by atoms with van der Waals surface area (Å²) in [6.07, 6.45) is 0. The van der Waals surface area contributed by atoms with Crippen LogP contribution >= 0.6 is 0 Å². The van der Waals surface area contributed by atoms with Crippen molar-refractivity contribution >= 4 is 28.9 Å². The Morgan fingerprint density at radius 3 is 2.21 bits per heavy atom. The molecule has 2 amide bonds. The molecule has 2 N–H and O–H groups in total. The first kappa shape index (κ1) is 26.3. The zero-order valence-electron chi connectivity index (χ0n) is 21.3. The van der Waals surface area contributed by atoms with E-state index in [0.29, 0.717) is 42.4 Å². The molecular formula is C31H31N3O4. The van der Waals surface area contributed by atoms with E-state index in [9.17, 15) is 9.59 Å². The van der Waals surface area contributed by atoms with E-state index in [1.807, 2.05) is 91.9 Å². The lowest BCUT2D eigenvalue weighted by atomic mass is 10.1. The second-order valence-electron chi connectivity index (χ2n) is 8.37. The third-order valence-corrected chi connectivity index (χ3v) is 5.70. The predicted octanol–water partition coefficient (Wildman–Crippen LogP) is 5.86. The van der Waals surface area contributed by atoms with Gasteiger partial charge in [0.2, 0.25) is 5.91 Å². The zero-order chi connectivity index (χ0) is 26.6. The molecule has 0 atom stereocenters.